The van der Waals surface area contributed by atoms with Gasteiger partial charge in [0.1, 0.15) is 67.1 Å². The Bertz CT molecular complexity index is 1950. The van der Waals surface area contributed by atoms with Crippen molar-refractivity contribution >= 4 is 17.8 Å². The lowest BCUT2D eigenvalue weighted by Gasteiger charge is -2.50. The summed E-state index contributed by atoms with van der Waals surface area (Å²) in [6, 6.07) is -2.53. The second-order valence-corrected chi connectivity index (χ2v) is 28.6. The largest absolute Gasteiger partial charge is 0.477 e. The molecule has 0 aliphatic carbocycles. The molecule has 18 unspecified atom stereocenters. The van der Waals surface area contributed by atoms with Gasteiger partial charge >= 0.3 is 5.97 Å². The monoisotopic (exact) mass is 1390 g/mol. The SMILES string of the molecule is CCCCCCCCCCCCCCCCCCCCCCCCCCC(O)C(COC1OC(CO)C(OC2OC(CO)C(O)C(OC3(C(=O)O)CC(O)C(NC(C)=O)C(C(O)C(O)CO)O3)C2O)C(O)C1O)NC(=O)CCCCCCCCCCCCCCCCCCCCC. The maximum Gasteiger partial charge on any atom is 0.364 e. The van der Waals surface area contributed by atoms with Crippen LogP contribution in [0.15, 0.2) is 0 Å². The highest BCUT2D eigenvalue weighted by Gasteiger charge is 2.60. The smallest absolute Gasteiger partial charge is 0.364 e. The van der Waals surface area contributed by atoms with E-state index < -0.39 is 148 Å². The molecule has 0 radical (unpaired) electrons. The van der Waals surface area contributed by atoms with Gasteiger partial charge in [0.05, 0.1) is 50.7 Å². The Morgan fingerprint density at radius 3 is 1.29 bits per heavy atom. The van der Waals surface area contributed by atoms with Crippen molar-refractivity contribution < 1.29 is 104 Å². The molecule has 0 bridgehead atoms. The Morgan fingerprint density at radius 1 is 0.495 bits per heavy atom. The van der Waals surface area contributed by atoms with Gasteiger partial charge in [-0.3, -0.25) is 9.59 Å². The van der Waals surface area contributed by atoms with E-state index in [4.69, 9.17) is 28.4 Å². The zero-order valence-electron chi connectivity index (χ0n) is 60.2. The summed E-state index contributed by atoms with van der Waals surface area (Å²) >= 11 is 0. The minimum atomic E-state index is -3.08. The molecule has 97 heavy (non-hydrogen) atoms. The second-order valence-electron chi connectivity index (χ2n) is 28.6. The van der Waals surface area contributed by atoms with Crippen LogP contribution in [0.2, 0.25) is 0 Å². The summed E-state index contributed by atoms with van der Waals surface area (Å²) in [6.45, 7) is 2.26. The molecule has 0 aromatic carbocycles. The lowest BCUT2D eigenvalue weighted by atomic mass is 9.88. The summed E-state index contributed by atoms with van der Waals surface area (Å²) in [6.07, 6.45) is 25.2. The van der Waals surface area contributed by atoms with Crippen molar-refractivity contribution in [2.24, 2.45) is 0 Å². The van der Waals surface area contributed by atoms with Gasteiger partial charge in [0, 0.05) is 19.8 Å². The Balaban J connectivity index is 1.54. The molecule has 14 N–H and O–H groups in total. The molecule has 0 saturated carbocycles. The van der Waals surface area contributed by atoms with Gasteiger partial charge < -0.3 is 100 Å². The van der Waals surface area contributed by atoms with Gasteiger partial charge in [-0.15, -0.1) is 0 Å². The number of unbranched alkanes of at least 4 members (excludes halogenated alkanes) is 41. The van der Waals surface area contributed by atoms with Crippen LogP contribution in [0.25, 0.3) is 0 Å². The summed E-state index contributed by atoms with van der Waals surface area (Å²) in [5.74, 6) is -6.09. The first kappa shape index (κ1) is 88.9. The zero-order valence-corrected chi connectivity index (χ0v) is 60.2. The van der Waals surface area contributed by atoms with Crippen LogP contribution in [0, 0.1) is 0 Å². The number of rotatable bonds is 61. The van der Waals surface area contributed by atoms with E-state index in [-0.39, 0.29) is 18.9 Å². The number of aliphatic carboxylic acids is 1. The van der Waals surface area contributed by atoms with Gasteiger partial charge in [0.2, 0.25) is 11.8 Å². The van der Waals surface area contributed by atoms with Gasteiger partial charge in [-0.2, -0.15) is 0 Å². The Hall–Kier alpha value is -2.27. The van der Waals surface area contributed by atoms with Crippen LogP contribution in [0.1, 0.15) is 316 Å². The number of carbonyl (C=O) groups is 3. The van der Waals surface area contributed by atoms with E-state index in [0.717, 1.165) is 51.9 Å². The first-order chi connectivity index (χ1) is 46.9. The van der Waals surface area contributed by atoms with Crippen LogP contribution >= 0.6 is 0 Å². The summed E-state index contributed by atoms with van der Waals surface area (Å²) in [7, 11) is 0. The molecule has 23 nitrogen and oxygen atoms in total. The molecule has 3 heterocycles. The maximum atomic E-state index is 13.5. The van der Waals surface area contributed by atoms with Gasteiger partial charge in [0.25, 0.3) is 5.79 Å². The van der Waals surface area contributed by atoms with Crippen LogP contribution in [0.3, 0.4) is 0 Å². The van der Waals surface area contributed by atoms with Crippen molar-refractivity contribution in [1.29, 1.82) is 0 Å². The topological polar surface area (TPSA) is 373 Å². The molecule has 0 aromatic rings. The third-order valence-electron chi connectivity index (χ3n) is 20.1. The highest BCUT2D eigenvalue weighted by molar-refractivity contribution is 5.77. The Kier molecular flexibility index (Phi) is 49.9. The number of carboxylic acids is 1. The summed E-state index contributed by atoms with van der Waals surface area (Å²) in [5.41, 5.74) is 0. The predicted octanol–water partition coefficient (Wildman–Crippen LogP) is 9.24. The molecule has 3 aliphatic rings. The fourth-order valence-electron chi connectivity index (χ4n) is 13.9. The number of ether oxygens (including phenoxy) is 6. The molecule has 3 saturated heterocycles. The number of carbonyl (C=O) groups excluding carboxylic acids is 2. The molecule has 23 heteroatoms. The van der Waals surface area contributed by atoms with Crippen molar-refractivity contribution in [3.63, 3.8) is 0 Å². The molecule has 572 valence electrons. The Morgan fingerprint density at radius 2 is 0.897 bits per heavy atom. The van der Waals surface area contributed by atoms with Crippen molar-refractivity contribution in [2.45, 2.75) is 426 Å². The average Bonchev–Trinajstić information content (AvgIpc) is 0.758. The molecule has 0 aromatic heterocycles. The van der Waals surface area contributed by atoms with E-state index in [1.165, 1.54) is 218 Å². The van der Waals surface area contributed by atoms with Gasteiger partial charge in [-0.1, -0.05) is 284 Å². The fraction of sp³-hybridized carbons (Fsp3) is 0.959. The van der Waals surface area contributed by atoms with Crippen molar-refractivity contribution in [3.05, 3.63) is 0 Å². The van der Waals surface area contributed by atoms with Crippen LogP contribution in [0.5, 0.6) is 0 Å². The number of amides is 2. The molecular formula is C74H140N2O21. The van der Waals surface area contributed by atoms with Gasteiger partial charge in [0.15, 0.2) is 12.6 Å². The van der Waals surface area contributed by atoms with Crippen molar-refractivity contribution in [1.82, 2.24) is 10.6 Å². The second kappa shape index (κ2) is 54.4. The molecule has 18 atom stereocenters. The predicted molar refractivity (Wildman–Crippen MR) is 371 cm³/mol. The van der Waals surface area contributed by atoms with Crippen molar-refractivity contribution in [3.8, 4) is 0 Å². The standard InChI is InChI=1S/C74H140N2O21/c1-4-6-8-10-12-14-16-18-20-22-24-25-26-27-28-30-31-33-35-37-39-41-43-45-47-56(81)55(76-61(84)48-46-44-42-40-38-36-34-32-29-23-21-19-17-15-13-11-9-7-5-2)53-92-71-66(88)65(87)68(60(52-79)94-71)95-72-67(89)70(64(86)59(51-78)93-72)97-74(73(90)91)49-57(82)62(75-54(3)80)69(96-74)63(85)58(83)50-77/h55-60,62-72,77-79,81-83,85-89H,4-53H2,1-3H3,(H,75,80)(H,76,84)(H,90,91). The molecule has 2 amide bonds. The van der Waals surface area contributed by atoms with Crippen LogP contribution in [-0.4, -0.2) is 215 Å². The third kappa shape index (κ3) is 35.7. The van der Waals surface area contributed by atoms with E-state index in [1.54, 1.807) is 0 Å². The summed E-state index contributed by atoms with van der Waals surface area (Å²) in [5, 5.41) is 136. The minimum Gasteiger partial charge on any atom is -0.477 e. The number of hydrogen-bond acceptors (Lipinski definition) is 20. The highest BCUT2D eigenvalue weighted by Crippen LogP contribution is 2.39. The van der Waals surface area contributed by atoms with Gasteiger partial charge in [-0.25, -0.2) is 4.79 Å². The van der Waals surface area contributed by atoms with E-state index in [9.17, 15) is 75.7 Å². The maximum absolute atomic E-state index is 13.5. The van der Waals surface area contributed by atoms with E-state index in [2.05, 4.69) is 24.5 Å². The Labute approximate surface area is 582 Å². The van der Waals surface area contributed by atoms with Crippen molar-refractivity contribution in [2.75, 3.05) is 26.4 Å². The van der Waals surface area contributed by atoms with E-state index >= 15 is 0 Å². The fourth-order valence-corrected chi connectivity index (χ4v) is 13.9. The lowest BCUT2D eigenvalue weighted by molar-refractivity contribution is -0.386. The molecular weight excluding hydrogens is 1250 g/mol. The summed E-state index contributed by atoms with van der Waals surface area (Å²) in [4.78, 5) is 38.7. The zero-order chi connectivity index (χ0) is 71.1. The van der Waals surface area contributed by atoms with Crippen LogP contribution < -0.4 is 10.6 Å². The van der Waals surface area contributed by atoms with E-state index in [1.807, 2.05) is 0 Å². The van der Waals surface area contributed by atoms with Crippen LogP contribution in [0.4, 0.5) is 0 Å². The molecule has 3 rings (SSSR count). The first-order valence-corrected chi connectivity index (χ1v) is 38.9. The molecule has 3 aliphatic heterocycles. The average molecular weight is 1390 g/mol. The van der Waals surface area contributed by atoms with Crippen LogP contribution in [-0.2, 0) is 42.8 Å². The minimum absolute atomic E-state index is 0.229. The summed E-state index contributed by atoms with van der Waals surface area (Å²) < 4.78 is 35.0. The number of aliphatic hydroxyl groups is 11. The van der Waals surface area contributed by atoms with E-state index in [0.29, 0.717) is 19.3 Å². The quantitative estimate of drug-likeness (QED) is 0.0252. The third-order valence-corrected chi connectivity index (χ3v) is 20.1. The van der Waals surface area contributed by atoms with Gasteiger partial charge in [-0.05, 0) is 12.8 Å². The molecule has 0 spiro atoms. The highest BCUT2D eigenvalue weighted by atomic mass is 16.8. The number of carboxylic acid groups (broad SMARTS) is 1. The number of nitrogens with one attached hydrogen (secondary N) is 2. The molecule has 3 fully saturated rings. The normalized spacial score (nSPS) is 27.3. The first-order valence-electron chi connectivity index (χ1n) is 38.9. The number of hydrogen-bond donors (Lipinski definition) is 14. The lowest BCUT2D eigenvalue weighted by Crippen LogP contribution is -2.70. The number of aliphatic hydroxyl groups excluding tert-OH is 11.